The van der Waals surface area contributed by atoms with Crippen molar-refractivity contribution in [1.29, 1.82) is 0 Å². The highest BCUT2D eigenvalue weighted by atomic mass is 19.4. The van der Waals surface area contributed by atoms with Crippen molar-refractivity contribution >= 4 is 0 Å². The van der Waals surface area contributed by atoms with Crippen molar-refractivity contribution < 1.29 is 13.2 Å². The first-order valence-corrected chi connectivity index (χ1v) is 7.02. The van der Waals surface area contributed by atoms with Crippen molar-refractivity contribution in [3.05, 3.63) is 0 Å². The molecule has 1 aliphatic rings. The highest BCUT2D eigenvalue weighted by Crippen LogP contribution is 2.34. The van der Waals surface area contributed by atoms with Gasteiger partial charge in [-0.2, -0.15) is 13.2 Å². The molecule has 1 N–H and O–H groups in total. The van der Waals surface area contributed by atoms with Crippen molar-refractivity contribution in [2.75, 3.05) is 0 Å². The Kier molecular flexibility index (Phi) is 5.50. The molecule has 1 fully saturated rings. The Hall–Kier alpha value is -0.250. The minimum absolute atomic E-state index is 0.242. The summed E-state index contributed by atoms with van der Waals surface area (Å²) < 4.78 is 37.1. The standard InChI is InChI=1S/C14H26F3N/c1-9(2)12-6-5-10(3)7-13(12)18-11(4)8-14(15,16)17/h9-13,18H,5-8H2,1-4H3. The third-order valence-electron chi connectivity index (χ3n) is 4.06. The number of hydrogen-bond donors (Lipinski definition) is 1. The van der Waals surface area contributed by atoms with Gasteiger partial charge in [0.1, 0.15) is 0 Å². The molecular weight excluding hydrogens is 239 g/mol. The first-order chi connectivity index (χ1) is 8.19. The molecule has 0 spiro atoms. The number of halogens is 3. The topological polar surface area (TPSA) is 12.0 Å². The Morgan fingerprint density at radius 1 is 1.17 bits per heavy atom. The van der Waals surface area contributed by atoms with Crippen LogP contribution in [0.2, 0.25) is 0 Å². The normalized spacial score (nSPS) is 31.7. The lowest BCUT2D eigenvalue weighted by Crippen LogP contribution is -2.47. The van der Waals surface area contributed by atoms with E-state index in [0.717, 1.165) is 12.8 Å². The first-order valence-electron chi connectivity index (χ1n) is 7.02. The lowest BCUT2D eigenvalue weighted by atomic mass is 9.74. The van der Waals surface area contributed by atoms with Crippen LogP contribution in [0, 0.1) is 17.8 Å². The van der Waals surface area contributed by atoms with Crippen LogP contribution >= 0.6 is 0 Å². The quantitative estimate of drug-likeness (QED) is 0.795. The molecule has 0 heterocycles. The van der Waals surface area contributed by atoms with Gasteiger partial charge in [0.25, 0.3) is 0 Å². The van der Waals surface area contributed by atoms with E-state index in [2.05, 4.69) is 26.1 Å². The Labute approximate surface area is 109 Å². The second kappa shape index (κ2) is 6.27. The molecule has 1 aliphatic carbocycles. The Morgan fingerprint density at radius 2 is 1.78 bits per heavy atom. The third kappa shape index (κ3) is 5.17. The van der Waals surface area contributed by atoms with Gasteiger partial charge < -0.3 is 5.32 Å². The average molecular weight is 265 g/mol. The van der Waals surface area contributed by atoms with Gasteiger partial charge in [-0.3, -0.25) is 0 Å². The molecule has 0 radical (unpaired) electrons. The first kappa shape index (κ1) is 15.8. The predicted octanol–water partition coefficient (Wildman–Crippen LogP) is 4.38. The van der Waals surface area contributed by atoms with Gasteiger partial charge in [-0.1, -0.05) is 27.2 Å². The summed E-state index contributed by atoms with van der Waals surface area (Å²) in [5.41, 5.74) is 0. The molecule has 108 valence electrons. The summed E-state index contributed by atoms with van der Waals surface area (Å²) >= 11 is 0. The Morgan fingerprint density at radius 3 is 2.28 bits per heavy atom. The van der Waals surface area contributed by atoms with Crippen LogP contribution in [-0.4, -0.2) is 18.3 Å². The fourth-order valence-corrected chi connectivity index (χ4v) is 3.17. The van der Waals surface area contributed by atoms with Crippen molar-refractivity contribution in [1.82, 2.24) is 5.32 Å². The molecule has 1 nitrogen and oxygen atoms in total. The van der Waals surface area contributed by atoms with E-state index in [1.807, 2.05) is 0 Å². The molecule has 0 aromatic carbocycles. The lowest BCUT2D eigenvalue weighted by Gasteiger charge is -2.39. The summed E-state index contributed by atoms with van der Waals surface area (Å²) in [6, 6.07) is -0.243. The highest BCUT2D eigenvalue weighted by molar-refractivity contribution is 4.87. The fourth-order valence-electron chi connectivity index (χ4n) is 3.17. The van der Waals surface area contributed by atoms with Crippen molar-refractivity contribution in [2.24, 2.45) is 17.8 Å². The molecule has 0 aliphatic heterocycles. The molecule has 1 rings (SSSR count). The Balaban J connectivity index is 2.55. The van der Waals surface area contributed by atoms with Crippen LogP contribution < -0.4 is 5.32 Å². The van der Waals surface area contributed by atoms with Crippen LogP contribution in [0.4, 0.5) is 13.2 Å². The van der Waals surface area contributed by atoms with E-state index in [-0.39, 0.29) is 6.04 Å². The molecule has 4 heteroatoms. The van der Waals surface area contributed by atoms with Crippen LogP contribution in [0.1, 0.15) is 53.4 Å². The molecule has 0 saturated heterocycles. The second-order valence-corrected chi connectivity index (χ2v) is 6.32. The van der Waals surface area contributed by atoms with E-state index in [0.29, 0.717) is 17.8 Å². The van der Waals surface area contributed by atoms with Gasteiger partial charge >= 0.3 is 6.18 Å². The van der Waals surface area contributed by atoms with E-state index in [9.17, 15) is 13.2 Å². The van der Waals surface area contributed by atoms with Gasteiger partial charge in [0.15, 0.2) is 0 Å². The van der Waals surface area contributed by atoms with Gasteiger partial charge in [0, 0.05) is 12.1 Å². The third-order valence-corrected chi connectivity index (χ3v) is 4.06. The second-order valence-electron chi connectivity index (χ2n) is 6.32. The molecule has 0 amide bonds. The van der Waals surface area contributed by atoms with Crippen LogP contribution in [0.25, 0.3) is 0 Å². The number of rotatable bonds is 4. The minimum atomic E-state index is -4.07. The van der Waals surface area contributed by atoms with Crippen LogP contribution in [-0.2, 0) is 0 Å². The van der Waals surface area contributed by atoms with Crippen molar-refractivity contribution in [2.45, 2.75) is 71.6 Å². The van der Waals surface area contributed by atoms with E-state index < -0.39 is 18.6 Å². The summed E-state index contributed by atoms with van der Waals surface area (Å²) in [5, 5.41) is 3.22. The maximum absolute atomic E-state index is 12.4. The van der Waals surface area contributed by atoms with E-state index in [1.165, 1.54) is 6.42 Å². The minimum Gasteiger partial charge on any atom is -0.311 e. The Bertz CT molecular complexity index is 250. The number of nitrogens with one attached hydrogen (secondary N) is 1. The van der Waals surface area contributed by atoms with E-state index in [4.69, 9.17) is 0 Å². The highest BCUT2D eigenvalue weighted by Gasteiger charge is 2.34. The number of alkyl halides is 3. The van der Waals surface area contributed by atoms with Gasteiger partial charge in [-0.05, 0) is 37.5 Å². The predicted molar refractivity (Wildman–Crippen MR) is 68.4 cm³/mol. The van der Waals surface area contributed by atoms with Crippen LogP contribution in [0.5, 0.6) is 0 Å². The zero-order valence-electron chi connectivity index (χ0n) is 11.8. The summed E-state index contributed by atoms with van der Waals surface area (Å²) in [4.78, 5) is 0. The smallest absolute Gasteiger partial charge is 0.311 e. The van der Waals surface area contributed by atoms with E-state index >= 15 is 0 Å². The van der Waals surface area contributed by atoms with E-state index in [1.54, 1.807) is 6.92 Å². The van der Waals surface area contributed by atoms with Crippen molar-refractivity contribution in [3.8, 4) is 0 Å². The summed E-state index contributed by atoms with van der Waals surface area (Å²) in [5.74, 6) is 1.67. The summed E-state index contributed by atoms with van der Waals surface area (Å²) in [7, 11) is 0. The SMILES string of the molecule is CC1CCC(C(C)C)C(NC(C)CC(F)(F)F)C1. The van der Waals surface area contributed by atoms with Crippen molar-refractivity contribution in [3.63, 3.8) is 0 Å². The maximum Gasteiger partial charge on any atom is 0.390 e. The van der Waals surface area contributed by atoms with Gasteiger partial charge in [-0.15, -0.1) is 0 Å². The largest absolute Gasteiger partial charge is 0.390 e. The zero-order chi connectivity index (χ0) is 13.9. The molecule has 18 heavy (non-hydrogen) atoms. The summed E-state index contributed by atoms with van der Waals surface area (Å²) in [6.45, 7) is 8.18. The van der Waals surface area contributed by atoms with Gasteiger partial charge in [0.2, 0.25) is 0 Å². The van der Waals surface area contributed by atoms with Gasteiger partial charge in [0.05, 0.1) is 6.42 Å². The van der Waals surface area contributed by atoms with Gasteiger partial charge in [-0.25, -0.2) is 0 Å². The van der Waals surface area contributed by atoms with Crippen LogP contribution in [0.15, 0.2) is 0 Å². The summed E-state index contributed by atoms with van der Waals surface area (Å²) in [6.07, 6.45) is -1.46. The molecule has 4 unspecified atom stereocenters. The monoisotopic (exact) mass is 265 g/mol. The molecule has 0 aromatic rings. The molecule has 0 aromatic heterocycles. The molecular formula is C14H26F3N. The average Bonchev–Trinajstić information content (AvgIpc) is 2.13. The zero-order valence-corrected chi connectivity index (χ0v) is 11.8. The molecule has 0 bridgehead atoms. The molecule has 1 saturated carbocycles. The molecule has 4 atom stereocenters. The maximum atomic E-state index is 12.4. The number of hydrogen-bond acceptors (Lipinski definition) is 1. The van der Waals surface area contributed by atoms with Crippen LogP contribution in [0.3, 0.4) is 0 Å². The lowest BCUT2D eigenvalue weighted by molar-refractivity contribution is -0.139. The fraction of sp³-hybridized carbons (Fsp3) is 1.00.